The number of carbonyl (C=O) groups excluding carboxylic acids is 1. The van der Waals surface area contributed by atoms with Crippen molar-refractivity contribution in [1.29, 1.82) is 0 Å². The van der Waals surface area contributed by atoms with Crippen molar-refractivity contribution >= 4 is 11.6 Å². The Morgan fingerprint density at radius 1 is 1.13 bits per heavy atom. The van der Waals surface area contributed by atoms with E-state index in [0.717, 1.165) is 17.7 Å². The summed E-state index contributed by atoms with van der Waals surface area (Å²) in [5.41, 5.74) is 3.62. The molecular formula is C21H17F3N6O. The van der Waals surface area contributed by atoms with E-state index in [4.69, 9.17) is 0 Å². The smallest absolute Gasteiger partial charge is 0.259 e. The molecule has 1 aliphatic rings. The third kappa shape index (κ3) is 2.97. The quantitative estimate of drug-likeness (QED) is 0.462. The van der Waals surface area contributed by atoms with Crippen LogP contribution in [0.2, 0.25) is 0 Å². The molecule has 4 aromatic rings. The highest BCUT2D eigenvalue weighted by Crippen LogP contribution is 2.32. The molecule has 0 bridgehead atoms. The maximum atomic E-state index is 13.8. The molecule has 0 spiro atoms. The first-order valence-electron chi connectivity index (χ1n) is 9.64. The molecular weight excluding hydrogens is 409 g/mol. The third-order valence-corrected chi connectivity index (χ3v) is 5.53. The Morgan fingerprint density at radius 3 is 2.61 bits per heavy atom. The van der Waals surface area contributed by atoms with Gasteiger partial charge in [-0.25, -0.2) is 22.7 Å². The van der Waals surface area contributed by atoms with Gasteiger partial charge in [-0.2, -0.15) is 10.2 Å². The first-order valence-corrected chi connectivity index (χ1v) is 9.64. The number of aryl methyl sites for hydroxylation is 2. The lowest BCUT2D eigenvalue weighted by Crippen LogP contribution is -2.36. The number of nitrogens with zero attached hydrogens (tertiary/aromatic N) is 6. The Morgan fingerprint density at radius 2 is 1.87 bits per heavy atom. The summed E-state index contributed by atoms with van der Waals surface area (Å²) in [4.78, 5) is 19.2. The molecule has 1 amide bonds. The summed E-state index contributed by atoms with van der Waals surface area (Å²) in [6, 6.07) is 3.65. The van der Waals surface area contributed by atoms with E-state index >= 15 is 0 Å². The standard InChI is InChI=1S/C21H17F3N6O/c1-11-17(20-25-5-3-6-30(20)26-11)21(31)29-7-4-13-16(10-29)27-28(2)19(13)12-8-14(22)18(24)15(23)9-12/h3,5-6,8-9H,4,7,10H2,1-2H3. The van der Waals surface area contributed by atoms with Crippen molar-refractivity contribution < 1.29 is 18.0 Å². The fourth-order valence-electron chi connectivity index (χ4n) is 4.15. The van der Waals surface area contributed by atoms with Gasteiger partial charge in [-0.1, -0.05) is 0 Å². The molecule has 0 aliphatic carbocycles. The van der Waals surface area contributed by atoms with Crippen molar-refractivity contribution in [3.63, 3.8) is 0 Å². The van der Waals surface area contributed by atoms with Gasteiger partial charge in [0.15, 0.2) is 23.1 Å². The van der Waals surface area contributed by atoms with Gasteiger partial charge in [0.1, 0.15) is 5.56 Å². The second-order valence-electron chi connectivity index (χ2n) is 7.48. The number of hydrogen-bond donors (Lipinski definition) is 0. The Kier molecular flexibility index (Phi) is 4.31. The Labute approximate surface area is 174 Å². The highest BCUT2D eigenvalue weighted by atomic mass is 19.2. The zero-order chi connectivity index (χ0) is 21.9. The van der Waals surface area contributed by atoms with Crippen LogP contribution in [-0.4, -0.2) is 41.7 Å². The highest BCUT2D eigenvalue weighted by molar-refractivity contribution is 6.01. The second-order valence-corrected chi connectivity index (χ2v) is 7.48. The lowest BCUT2D eigenvalue weighted by molar-refractivity contribution is 0.0733. The predicted molar refractivity (Wildman–Crippen MR) is 105 cm³/mol. The number of halogens is 3. The summed E-state index contributed by atoms with van der Waals surface area (Å²) in [5, 5.41) is 8.80. The van der Waals surface area contributed by atoms with E-state index in [1.807, 2.05) is 0 Å². The fourth-order valence-corrected chi connectivity index (χ4v) is 4.15. The molecule has 31 heavy (non-hydrogen) atoms. The largest absolute Gasteiger partial charge is 0.332 e. The van der Waals surface area contributed by atoms with Crippen LogP contribution in [-0.2, 0) is 20.0 Å². The summed E-state index contributed by atoms with van der Waals surface area (Å²) in [7, 11) is 1.65. The minimum absolute atomic E-state index is 0.204. The third-order valence-electron chi connectivity index (χ3n) is 5.53. The summed E-state index contributed by atoms with van der Waals surface area (Å²) in [5.74, 6) is -4.22. The van der Waals surface area contributed by atoms with Crippen molar-refractivity contribution in [2.75, 3.05) is 6.54 Å². The van der Waals surface area contributed by atoms with Gasteiger partial charge in [0.2, 0.25) is 0 Å². The normalized spacial score (nSPS) is 13.6. The molecule has 0 N–H and O–H groups in total. The molecule has 0 atom stereocenters. The van der Waals surface area contributed by atoms with Gasteiger partial charge in [-0.15, -0.1) is 0 Å². The number of aromatic nitrogens is 5. The van der Waals surface area contributed by atoms with Crippen LogP contribution in [0.25, 0.3) is 16.9 Å². The molecule has 158 valence electrons. The molecule has 3 aromatic heterocycles. The van der Waals surface area contributed by atoms with Crippen molar-refractivity contribution in [3.05, 3.63) is 70.6 Å². The van der Waals surface area contributed by atoms with Crippen LogP contribution in [0, 0.1) is 24.4 Å². The molecule has 4 heterocycles. The average Bonchev–Trinajstić information content (AvgIpc) is 3.25. The first kappa shape index (κ1) is 19.3. The SMILES string of the molecule is Cc1nn2cccnc2c1C(=O)N1CCc2c(nn(C)c2-c2cc(F)c(F)c(F)c2)C1. The summed E-state index contributed by atoms with van der Waals surface area (Å²) in [6.45, 7) is 2.38. The van der Waals surface area contributed by atoms with Gasteiger partial charge in [-0.3, -0.25) is 9.48 Å². The van der Waals surface area contributed by atoms with E-state index in [1.54, 1.807) is 41.8 Å². The van der Waals surface area contributed by atoms with Gasteiger partial charge in [0, 0.05) is 37.1 Å². The number of benzene rings is 1. The number of fused-ring (bicyclic) bond motifs is 2. The highest BCUT2D eigenvalue weighted by Gasteiger charge is 2.30. The van der Waals surface area contributed by atoms with Crippen molar-refractivity contribution in [3.8, 4) is 11.3 Å². The van der Waals surface area contributed by atoms with E-state index in [9.17, 15) is 18.0 Å². The molecule has 1 aliphatic heterocycles. The molecule has 7 nitrogen and oxygen atoms in total. The Hall–Kier alpha value is -3.69. The number of rotatable bonds is 2. The van der Waals surface area contributed by atoms with Crippen LogP contribution in [0.1, 0.15) is 27.3 Å². The van der Waals surface area contributed by atoms with Crippen LogP contribution >= 0.6 is 0 Å². The summed E-state index contributed by atoms with van der Waals surface area (Å²) in [6.07, 6.45) is 3.77. The molecule has 0 fully saturated rings. The Bertz CT molecular complexity index is 1340. The molecule has 10 heteroatoms. The molecule has 5 rings (SSSR count). The zero-order valence-corrected chi connectivity index (χ0v) is 16.7. The van der Waals surface area contributed by atoms with Crippen LogP contribution in [0.5, 0.6) is 0 Å². The van der Waals surface area contributed by atoms with Gasteiger partial charge in [-0.05, 0) is 31.5 Å². The summed E-state index contributed by atoms with van der Waals surface area (Å²) >= 11 is 0. The predicted octanol–water partition coefficient (Wildman–Crippen LogP) is 3.05. The van der Waals surface area contributed by atoms with E-state index in [-0.39, 0.29) is 18.0 Å². The lowest BCUT2D eigenvalue weighted by atomic mass is 9.99. The number of amides is 1. The van der Waals surface area contributed by atoms with Gasteiger partial charge < -0.3 is 4.90 Å². The fraction of sp³-hybridized carbons (Fsp3) is 0.238. The van der Waals surface area contributed by atoms with Crippen molar-refractivity contribution in [1.82, 2.24) is 29.3 Å². The van der Waals surface area contributed by atoms with Crippen LogP contribution < -0.4 is 0 Å². The molecule has 0 radical (unpaired) electrons. The monoisotopic (exact) mass is 426 g/mol. The van der Waals surface area contributed by atoms with Crippen LogP contribution in [0.4, 0.5) is 13.2 Å². The Balaban J connectivity index is 1.50. The van der Waals surface area contributed by atoms with Gasteiger partial charge >= 0.3 is 0 Å². The second kappa shape index (κ2) is 6.93. The van der Waals surface area contributed by atoms with Crippen molar-refractivity contribution in [2.24, 2.45) is 7.05 Å². The zero-order valence-electron chi connectivity index (χ0n) is 16.7. The topological polar surface area (TPSA) is 68.3 Å². The maximum absolute atomic E-state index is 13.8. The lowest BCUT2D eigenvalue weighted by Gasteiger charge is -2.26. The van der Waals surface area contributed by atoms with E-state index in [2.05, 4.69) is 15.2 Å². The van der Waals surface area contributed by atoms with Gasteiger partial charge in [0.05, 0.1) is 23.6 Å². The molecule has 0 saturated carbocycles. The minimum atomic E-state index is -1.51. The summed E-state index contributed by atoms with van der Waals surface area (Å²) < 4.78 is 44.0. The molecule has 0 unspecified atom stereocenters. The van der Waals surface area contributed by atoms with E-state index in [1.165, 1.54) is 4.68 Å². The van der Waals surface area contributed by atoms with Crippen LogP contribution in [0.3, 0.4) is 0 Å². The first-order chi connectivity index (χ1) is 14.8. The number of carbonyl (C=O) groups is 1. The van der Waals surface area contributed by atoms with Gasteiger partial charge in [0.25, 0.3) is 5.91 Å². The molecule has 0 saturated heterocycles. The maximum Gasteiger partial charge on any atom is 0.259 e. The molecule has 1 aromatic carbocycles. The average molecular weight is 426 g/mol. The minimum Gasteiger partial charge on any atom is -0.332 e. The van der Waals surface area contributed by atoms with Crippen LogP contribution in [0.15, 0.2) is 30.6 Å². The number of hydrogen-bond acceptors (Lipinski definition) is 4. The van der Waals surface area contributed by atoms with E-state index < -0.39 is 17.5 Å². The van der Waals surface area contributed by atoms with E-state index in [0.29, 0.717) is 41.3 Å². The van der Waals surface area contributed by atoms with Crippen molar-refractivity contribution in [2.45, 2.75) is 19.9 Å².